The van der Waals surface area contributed by atoms with Crippen LogP contribution in [0, 0.1) is 50.4 Å². The molecule has 10 rings (SSSR count). The summed E-state index contributed by atoms with van der Waals surface area (Å²) in [6.45, 7) is 7.20. The predicted molar refractivity (Wildman–Crippen MR) is 232 cm³/mol. The zero-order valence-corrected chi connectivity index (χ0v) is 33.6. The van der Waals surface area contributed by atoms with E-state index in [4.69, 9.17) is 0 Å². The molecule has 0 radical (unpaired) electrons. The van der Waals surface area contributed by atoms with E-state index in [2.05, 4.69) is 42.0 Å². The summed E-state index contributed by atoms with van der Waals surface area (Å²) in [5.41, 5.74) is 5.11. The van der Waals surface area contributed by atoms with Crippen LogP contribution in [-0.2, 0) is 6.18 Å². The Bertz CT molecular complexity index is 3370. The Morgan fingerprint density at radius 1 is 0.484 bits per heavy atom. The van der Waals surface area contributed by atoms with E-state index < -0.39 is 11.7 Å². The van der Waals surface area contributed by atoms with Gasteiger partial charge in [-0.05, 0) is 76.2 Å². The topological polar surface area (TPSA) is 135 Å². The quantitative estimate of drug-likeness (QED) is 0.168. The van der Waals surface area contributed by atoms with Crippen molar-refractivity contribution >= 4 is 43.6 Å². The normalized spacial score (nSPS) is 11.8. The van der Waals surface area contributed by atoms with Crippen LogP contribution >= 0.6 is 0 Å². The van der Waals surface area contributed by atoms with E-state index in [-0.39, 0.29) is 16.7 Å². The van der Waals surface area contributed by atoms with Gasteiger partial charge in [0.2, 0.25) is 0 Å². The molecule has 0 aliphatic rings. The van der Waals surface area contributed by atoms with Crippen molar-refractivity contribution < 1.29 is 13.2 Å². The van der Waals surface area contributed by atoms with Crippen LogP contribution in [0.5, 0.6) is 0 Å². The SMILES string of the molecule is Cc1nc(C)nc(-c2ccc3c4ccccc4n(-c4cc(C#N)cc(-n5c6ccccc6c6ccc(-c7nc(C)nc(C)n7)cc65)c4-c4ccc(C(F)(F)F)cc4C#N)c3c2)n1. The van der Waals surface area contributed by atoms with E-state index in [1.165, 1.54) is 6.07 Å². The number of hydrogen-bond donors (Lipinski definition) is 0. The van der Waals surface area contributed by atoms with E-state index in [9.17, 15) is 23.7 Å². The van der Waals surface area contributed by atoms with Crippen LogP contribution in [0.15, 0.2) is 115 Å². The van der Waals surface area contributed by atoms with Crippen molar-refractivity contribution in [2.75, 3.05) is 0 Å². The molecule has 62 heavy (non-hydrogen) atoms. The molecule has 0 aliphatic heterocycles. The molecule has 0 aliphatic carbocycles. The number of para-hydroxylation sites is 2. The zero-order chi connectivity index (χ0) is 43.0. The van der Waals surface area contributed by atoms with Gasteiger partial charge in [-0.15, -0.1) is 0 Å². The second-order valence-electron chi connectivity index (χ2n) is 15.0. The lowest BCUT2D eigenvalue weighted by molar-refractivity contribution is -0.137. The number of fused-ring (bicyclic) bond motifs is 6. The number of aromatic nitrogens is 8. The summed E-state index contributed by atoms with van der Waals surface area (Å²) >= 11 is 0. The molecule has 0 bridgehead atoms. The second kappa shape index (κ2) is 14.2. The Kier molecular flexibility index (Phi) is 8.68. The van der Waals surface area contributed by atoms with Crippen molar-refractivity contribution in [1.82, 2.24) is 39.0 Å². The van der Waals surface area contributed by atoms with Crippen LogP contribution in [0.2, 0.25) is 0 Å². The van der Waals surface area contributed by atoms with Crippen LogP contribution in [-0.4, -0.2) is 39.0 Å². The molecule has 298 valence electrons. The fourth-order valence-electron chi connectivity index (χ4n) is 8.56. The molecule has 0 fully saturated rings. The Morgan fingerprint density at radius 3 is 1.37 bits per heavy atom. The average Bonchev–Trinajstić information content (AvgIpc) is 3.76. The third kappa shape index (κ3) is 6.18. The molecule has 13 heteroatoms. The molecule has 0 spiro atoms. The second-order valence-corrected chi connectivity index (χ2v) is 15.0. The van der Waals surface area contributed by atoms with E-state index in [1.807, 2.05) is 94.1 Å². The Morgan fingerprint density at radius 2 is 0.935 bits per heavy atom. The number of benzene rings is 6. The fraction of sp³-hybridized carbons (Fsp3) is 0.102. The maximum atomic E-state index is 14.3. The van der Waals surface area contributed by atoms with Crippen LogP contribution < -0.4 is 0 Å². The third-order valence-corrected chi connectivity index (χ3v) is 11.0. The smallest absolute Gasteiger partial charge is 0.308 e. The molecule has 0 unspecified atom stereocenters. The largest absolute Gasteiger partial charge is 0.416 e. The van der Waals surface area contributed by atoms with Crippen molar-refractivity contribution in [3.8, 4) is 57.4 Å². The third-order valence-electron chi connectivity index (χ3n) is 11.0. The van der Waals surface area contributed by atoms with Gasteiger partial charge in [0.25, 0.3) is 0 Å². The lowest BCUT2D eigenvalue weighted by Crippen LogP contribution is -2.08. The van der Waals surface area contributed by atoms with Gasteiger partial charge in [0.1, 0.15) is 23.3 Å². The molecule has 6 aromatic carbocycles. The fourth-order valence-corrected chi connectivity index (χ4v) is 8.56. The van der Waals surface area contributed by atoms with Crippen LogP contribution in [0.4, 0.5) is 13.2 Å². The first kappa shape index (κ1) is 37.9. The first-order valence-electron chi connectivity index (χ1n) is 19.6. The van der Waals surface area contributed by atoms with Crippen molar-refractivity contribution in [2.45, 2.75) is 33.9 Å². The van der Waals surface area contributed by atoms with Gasteiger partial charge in [-0.2, -0.15) is 23.7 Å². The van der Waals surface area contributed by atoms with Crippen LogP contribution in [0.3, 0.4) is 0 Å². The first-order valence-corrected chi connectivity index (χ1v) is 19.6. The molecule has 4 heterocycles. The highest BCUT2D eigenvalue weighted by Gasteiger charge is 2.32. The molecule has 0 saturated carbocycles. The number of hydrogen-bond acceptors (Lipinski definition) is 8. The highest BCUT2D eigenvalue weighted by molar-refractivity contribution is 6.13. The summed E-state index contributed by atoms with van der Waals surface area (Å²) in [6, 6.07) is 38.5. The molecular weight excluding hydrogens is 786 g/mol. The maximum absolute atomic E-state index is 14.3. The van der Waals surface area contributed by atoms with Gasteiger partial charge in [-0.25, -0.2) is 29.9 Å². The predicted octanol–water partition coefficient (Wildman–Crippen LogP) is 11.2. The summed E-state index contributed by atoms with van der Waals surface area (Å²) in [5.74, 6) is 3.18. The van der Waals surface area contributed by atoms with Gasteiger partial charge >= 0.3 is 6.18 Å². The van der Waals surface area contributed by atoms with Crippen molar-refractivity contribution in [1.29, 1.82) is 10.5 Å². The minimum Gasteiger partial charge on any atom is -0.308 e. The van der Waals surface area contributed by atoms with E-state index in [0.29, 0.717) is 63.0 Å². The Labute approximate surface area is 351 Å². The summed E-state index contributed by atoms with van der Waals surface area (Å²) in [5, 5.41) is 25.0. The zero-order valence-electron chi connectivity index (χ0n) is 33.6. The van der Waals surface area contributed by atoms with Crippen LogP contribution in [0.25, 0.3) is 88.9 Å². The van der Waals surface area contributed by atoms with Crippen molar-refractivity contribution in [2.24, 2.45) is 0 Å². The van der Waals surface area contributed by atoms with Crippen molar-refractivity contribution in [3.05, 3.63) is 155 Å². The molecule has 0 amide bonds. The van der Waals surface area contributed by atoms with Gasteiger partial charge in [0.05, 0.1) is 62.3 Å². The standard InChI is InChI=1S/C49H31F3N10/c1-26-55-27(2)58-47(57-26)31-13-16-38-36-9-5-7-11-40(36)61(42(38)22-31)44-19-30(24-53)20-45(46(44)35-18-15-34(49(50,51)52)21-33(35)25-54)62-41-12-8-6-10-37(41)39-17-14-32(23-43(39)62)48-59-28(3)56-29(4)60-48/h5-23H,1-4H3. The molecule has 0 saturated heterocycles. The summed E-state index contributed by atoms with van der Waals surface area (Å²) in [7, 11) is 0. The number of alkyl halides is 3. The first-order chi connectivity index (χ1) is 29.9. The highest BCUT2D eigenvalue weighted by Crippen LogP contribution is 2.45. The average molecular weight is 817 g/mol. The van der Waals surface area contributed by atoms with Crippen molar-refractivity contribution in [3.63, 3.8) is 0 Å². The van der Waals surface area contributed by atoms with Gasteiger partial charge in [0, 0.05) is 43.8 Å². The lowest BCUT2D eigenvalue weighted by Gasteiger charge is -2.22. The lowest BCUT2D eigenvalue weighted by atomic mass is 9.93. The minimum atomic E-state index is -4.70. The summed E-state index contributed by atoms with van der Waals surface area (Å²) in [4.78, 5) is 27.3. The van der Waals surface area contributed by atoms with Gasteiger partial charge in [-0.3, -0.25) is 0 Å². The maximum Gasteiger partial charge on any atom is 0.416 e. The number of aryl methyl sites for hydroxylation is 4. The van der Waals surface area contributed by atoms with E-state index in [0.717, 1.165) is 55.7 Å². The molecule has 10 aromatic rings. The monoisotopic (exact) mass is 816 g/mol. The number of nitrogens with zero attached hydrogens (tertiary/aromatic N) is 10. The van der Waals surface area contributed by atoms with Gasteiger partial charge in [0.15, 0.2) is 11.6 Å². The minimum absolute atomic E-state index is 0.192. The van der Waals surface area contributed by atoms with Gasteiger partial charge in [-0.1, -0.05) is 66.7 Å². The molecule has 10 nitrogen and oxygen atoms in total. The van der Waals surface area contributed by atoms with E-state index >= 15 is 0 Å². The van der Waals surface area contributed by atoms with E-state index in [1.54, 1.807) is 39.8 Å². The van der Waals surface area contributed by atoms with Gasteiger partial charge < -0.3 is 9.13 Å². The Balaban J connectivity index is 1.38. The molecule has 4 aromatic heterocycles. The summed E-state index contributed by atoms with van der Waals surface area (Å²) in [6.07, 6.45) is -4.70. The summed E-state index contributed by atoms with van der Waals surface area (Å²) < 4.78 is 46.9. The highest BCUT2D eigenvalue weighted by atomic mass is 19.4. The number of halogens is 3. The molecule has 0 atom stereocenters. The number of rotatable bonds is 5. The molecular formula is C49H31F3N10. The number of nitriles is 2. The van der Waals surface area contributed by atoms with Crippen LogP contribution in [0.1, 0.15) is 40.0 Å². The Hall–Kier alpha value is -8.29. The molecule has 0 N–H and O–H groups in total.